The number of thiophene rings is 2. The molecule has 0 aromatic carbocycles. The summed E-state index contributed by atoms with van der Waals surface area (Å²) in [7, 11) is 3.76. The summed E-state index contributed by atoms with van der Waals surface area (Å²) in [6.07, 6.45) is 0.738. The fourth-order valence-electron chi connectivity index (χ4n) is 4.26. The number of amides is 2. The van der Waals surface area contributed by atoms with Crippen LogP contribution in [0.25, 0.3) is 0 Å². The van der Waals surface area contributed by atoms with Gasteiger partial charge in [-0.15, -0.1) is 22.7 Å². The molecule has 162 valence electrons. The third kappa shape index (κ3) is 4.43. The summed E-state index contributed by atoms with van der Waals surface area (Å²) in [4.78, 5) is 32.6. The second kappa shape index (κ2) is 8.96. The van der Waals surface area contributed by atoms with Crippen molar-refractivity contribution < 1.29 is 14.3 Å². The van der Waals surface area contributed by atoms with Crippen molar-refractivity contribution in [1.29, 1.82) is 0 Å². The maximum atomic E-state index is 13.2. The molecule has 1 saturated heterocycles. The van der Waals surface area contributed by atoms with Crippen LogP contribution in [0.4, 0.5) is 0 Å². The molecule has 30 heavy (non-hydrogen) atoms. The fraction of sp³-hybridized carbons (Fsp3) is 0.524. The van der Waals surface area contributed by atoms with Gasteiger partial charge in [-0.1, -0.05) is 18.5 Å². The van der Waals surface area contributed by atoms with E-state index in [4.69, 9.17) is 16.3 Å². The molecular formula is C21H26ClN3O3S2. The van der Waals surface area contributed by atoms with E-state index in [1.165, 1.54) is 21.8 Å². The number of nitrogens with one attached hydrogen (secondary N) is 1. The molecule has 2 amide bonds. The maximum Gasteiger partial charge on any atom is 0.264 e. The van der Waals surface area contributed by atoms with Crippen molar-refractivity contribution in [2.24, 2.45) is 0 Å². The number of carbonyl (C=O) groups excluding carboxylic acids is 2. The Balaban J connectivity index is 1.46. The van der Waals surface area contributed by atoms with Gasteiger partial charge in [0.1, 0.15) is 0 Å². The maximum absolute atomic E-state index is 13.2. The Kier molecular flexibility index (Phi) is 6.50. The van der Waals surface area contributed by atoms with Crippen molar-refractivity contribution >= 4 is 46.1 Å². The monoisotopic (exact) mass is 467 g/mol. The summed E-state index contributed by atoms with van der Waals surface area (Å²) >= 11 is 8.80. The van der Waals surface area contributed by atoms with Crippen LogP contribution in [0, 0.1) is 0 Å². The van der Waals surface area contributed by atoms with E-state index in [1.807, 2.05) is 0 Å². The van der Waals surface area contributed by atoms with Gasteiger partial charge in [0.25, 0.3) is 11.8 Å². The van der Waals surface area contributed by atoms with E-state index in [-0.39, 0.29) is 24.0 Å². The highest BCUT2D eigenvalue weighted by molar-refractivity contribution is 7.18. The van der Waals surface area contributed by atoms with Gasteiger partial charge in [0.15, 0.2) is 0 Å². The summed E-state index contributed by atoms with van der Waals surface area (Å²) in [5, 5.41) is 3.01. The number of methoxy groups -OCH3 is 1. The zero-order valence-corrected chi connectivity index (χ0v) is 19.7. The third-order valence-electron chi connectivity index (χ3n) is 5.82. The van der Waals surface area contributed by atoms with Crippen LogP contribution >= 0.6 is 34.3 Å². The standard InChI is InChI=1S/C21H26ClN3O3S2/c1-12-9-24(2)7-6-13-8-17(30-19(12)13)21(27)25-10-14(15(11-25)28-3)23-20(26)16-4-5-18(22)29-16/h4-5,8,12,14-15H,6-7,9-11H2,1-3H3,(H,23,26). The molecule has 2 aliphatic heterocycles. The molecule has 2 aromatic rings. The first-order valence-corrected chi connectivity index (χ1v) is 12.1. The highest BCUT2D eigenvalue weighted by Crippen LogP contribution is 2.34. The molecule has 4 rings (SSSR count). The number of hydrogen-bond donors (Lipinski definition) is 1. The van der Waals surface area contributed by atoms with Crippen molar-refractivity contribution in [3.8, 4) is 0 Å². The van der Waals surface area contributed by atoms with Gasteiger partial charge in [-0.2, -0.15) is 0 Å². The molecule has 3 unspecified atom stereocenters. The van der Waals surface area contributed by atoms with E-state index in [0.717, 1.165) is 24.4 Å². The number of likely N-dealkylation sites (tertiary alicyclic amines) is 1. The highest BCUT2D eigenvalue weighted by atomic mass is 35.5. The molecule has 0 saturated carbocycles. The SMILES string of the molecule is COC1CN(C(=O)c2cc3c(s2)C(C)CN(C)CC3)CC1NC(=O)c1ccc(Cl)s1. The van der Waals surface area contributed by atoms with Crippen molar-refractivity contribution in [3.05, 3.63) is 42.7 Å². The molecule has 9 heteroatoms. The van der Waals surface area contributed by atoms with Crippen LogP contribution in [0.3, 0.4) is 0 Å². The molecule has 2 aromatic heterocycles. The van der Waals surface area contributed by atoms with Crippen LogP contribution in [0.5, 0.6) is 0 Å². The van der Waals surface area contributed by atoms with Crippen LogP contribution in [0.15, 0.2) is 18.2 Å². The van der Waals surface area contributed by atoms with Crippen LogP contribution in [0.2, 0.25) is 4.34 Å². The van der Waals surface area contributed by atoms with E-state index < -0.39 is 0 Å². The van der Waals surface area contributed by atoms with E-state index >= 15 is 0 Å². The Hall–Kier alpha value is -1.45. The van der Waals surface area contributed by atoms with Gasteiger partial charge in [-0.25, -0.2) is 0 Å². The molecule has 0 bridgehead atoms. The highest BCUT2D eigenvalue weighted by Gasteiger charge is 2.38. The topological polar surface area (TPSA) is 61.9 Å². The number of likely N-dealkylation sites (N-methyl/N-ethyl adjacent to an activating group) is 1. The van der Waals surface area contributed by atoms with E-state index in [2.05, 4.69) is 30.3 Å². The minimum Gasteiger partial charge on any atom is -0.377 e. The minimum atomic E-state index is -0.252. The Morgan fingerprint density at radius 3 is 2.70 bits per heavy atom. The van der Waals surface area contributed by atoms with E-state index in [9.17, 15) is 9.59 Å². The number of carbonyl (C=O) groups is 2. The molecular weight excluding hydrogens is 442 g/mol. The molecule has 6 nitrogen and oxygen atoms in total. The molecule has 0 aliphatic carbocycles. The number of ether oxygens (including phenoxy) is 1. The largest absolute Gasteiger partial charge is 0.377 e. The summed E-state index contributed by atoms with van der Waals surface area (Å²) < 4.78 is 6.15. The summed E-state index contributed by atoms with van der Waals surface area (Å²) in [6.45, 7) is 5.15. The second-order valence-electron chi connectivity index (χ2n) is 8.08. The van der Waals surface area contributed by atoms with Gasteiger partial charge in [0.2, 0.25) is 0 Å². The normalized spacial score (nSPS) is 24.5. The Morgan fingerprint density at radius 1 is 1.20 bits per heavy atom. The van der Waals surface area contributed by atoms with Gasteiger partial charge in [-0.05, 0) is 37.2 Å². The summed E-state index contributed by atoms with van der Waals surface area (Å²) in [6, 6.07) is 5.23. The van der Waals surface area contributed by atoms with Crippen LogP contribution in [-0.4, -0.2) is 74.1 Å². The number of nitrogens with zero attached hydrogens (tertiary/aromatic N) is 2. The average molecular weight is 468 g/mol. The summed E-state index contributed by atoms with van der Waals surface area (Å²) in [5.74, 6) is 0.259. The lowest BCUT2D eigenvalue weighted by atomic mass is 10.1. The zero-order valence-electron chi connectivity index (χ0n) is 17.3. The minimum absolute atomic E-state index is 0.0200. The van der Waals surface area contributed by atoms with E-state index in [0.29, 0.717) is 28.2 Å². The van der Waals surface area contributed by atoms with E-state index in [1.54, 1.807) is 35.5 Å². The smallest absolute Gasteiger partial charge is 0.264 e. The third-order valence-corrected chi connectivity index (χ3v) is 8.44. The Bertz CT molecular complexity index is 944. The van der Waals surface area contributed by atoms with Crippen molar-refractivity contribution in [3.63, 3.8) is 0 Å². The summed E-state index contributed by atoms with van der Waals surface area (Å²) in [5.41, 5.74) is 1.29. The lowest BCUT2D eigenvalue weighted by Gasteiger charge is -2.17. The lowest BCUT2D eigenvalue weighted by Crippen LogP contribution is -2.43. The number of halogens is 1. The zero-order chi connectivity index (χ0) is 21.4. The first-order chi connectivity index (χ1) is 14.4. The van der Waals surface area contributed by atoms with Crippen LogP contribution < -0.4 is 5.32 Å². The number of hydrogen-bond acceptors (Lipinski definition) is 6. The lowest BCUT2D eigenvalue weighted by molar-refractivity contribution is 0.0695. The fourth-order valence-corrected chi connectivity index (χ4v) is 6.43. The van der Waals surface area contributed by atoms with Gasteiger partial charge in [0, 0.05) is 44.1 Å². The first kappa shape index (κ1) is 21.8. The van der Waals surface area contributed by atoms with Gasteiger partial charge < -0.3 is 19.9 Å². The molecule has 3 atom stereocenters. The predicted octanol–water partition coefficient (Wildman–Crippen LogP) is 3.32. The molecule has 0 spiro atoms. The number of rotatable bonds is 4. The average Bonchev–Trinajstić information content (AvgIpc) is 3.42. The number of fused-ring (bicyclic) bond motifs is 1. The van der Waals surface area contributed by atoms with Crippen LogP contribution in [-0.2, 0) is 11.2 Å². The Morgan fingerprint density at radius 2 is 2.00 bits per heavy atom. The van der Waals surface area contributed by atoms with Crippen LogP contribution in [0.1, 0.15) is 42.6 Å². The molecule has 1 fully saturated rings. The molecule has 4 heterocycles. The van der Waals surface area contributed by atoms with Crippen molar-refractivity contribution in [2.75, 3.05) is 40.3 Å². The molecule has 1 N–H and O–H groups in total. The first-order valence-electron chi connectivity index (χ1n) is 10.0. The van der Waals surface area contributed by atoms with Gasteiger partial charge >= 0.3 is 0 Å². The van der Waals surface area contributed by atoms with Crippen molar-refractivity contribution in [2.45, 2.75) is 31.4 Å². The Labute approximate surface area is 189 Å². The van der Waals surface area contributed by atoms with Gasteiger partial charge in [0.05, 0.1) is 26.2 Å². The quantitative estimate of drug-likeness (QED) is 0.749. The molecule has 0 radical (unpaired) electrons. The van der Waals surface area contributed by atoms with Crippen molar-refractivity contribution in [1.82, 2.24) is 15.1 Å². The molecule has 2 aliphatic rings. The predicted molar refractivity (Wildman–Crippen MR) is 121 cm³/mol. The van der Waals surface area contributed by atoms with Gasteiger partial charge in [-0.3, -0.25) is 9.59 Å². The second-order valence-corrected chi connectivity index (χ2v) is 10.9.